The van der Waals surface area contributed by atoms with Crippen molar-refractivity contribution in [1.82, 2.24) is 39.9 Å². The number of thiophene rings is 2. The number of benzene rings is 1. The topological polar surface area (TPSA) is 134 Å². The number of nitrogens with zero attached hydrogens (tertiary/aromatic N) is 8. The number of hydrogen-bond acceptors (Lipinski definition) is 13. The molecule has 1 aliphatic heterocycles. The molecule has 0 amide bonds. The van der Waals surface area contributed by atoms with Gasteiger partial charge in [0.2, 0.25) is 0 Å². The van der Waals surface area contributed by atoms with Crippen molar-refractivity contribution < 1.29 is 9.47 Å². The molecule has 0 aliphatic carbocycles. The molecule has 1 N–H and O–H groups in total. The molecule has 11 nitrogen and oxygen atoms in total. The van der Waals surface area contributed by atoms with Gasteiger partial charge in [-0.1, -0.05) is 31.5 Å². The third kappa shape index (κ3) is 6.82. The highest BCUT2D eigenvalue weighted by Gasteiger charge is 2.16. The normalized spacial score (nSPS) is 12.1. The smallest absolute Gasteiger partial charge is 0.183 e. The van der Waals surface area contributed by atoms with Crippen LogP contribution in [-0.4, -0.2) is 53.1 Å². The van der Waals surface area contributed by atoms with E-state index < -0.39 is 0 Å². The third-order valence-electron chi connectivity index (χ3n) is 7.19. The predicted molar refractivity (Wildman–Crippen MR) is 185 cm³/mol. The van der Waals surface area contributed by atoms with Crippen LogP contribution < -0.4 is 14.8 Å². The van der Waals surface area contributed by atoms with Crippen LogP contribution in [0.3, 0.4) is 0 Å². The van der Waals surface area contributed by atoms with Crippen LogP contribution in [-0.2, 0) is 19.4 Å². The van der Waals surface area contributed by atoms with E-state index in [-0.39, 0.29) is 0 Å². The molecular formula is C33H28ClN9O2S2. The first-order valence-electron chi connectivity index (χ1n) is 15.0. The molecule has 0 bridgehead atoms. The number of rotatable bonds is 7. The van der Waals surface area contributed by atoms with Crippen LogP contribution in [0.1, 0.15) is 29.2 Å². The average molecular weight is 682 g/mol. The Morgan fingerprint density at radius 3 is 1.98 bits per heavy atom. The SMILES string of the molecule is CCc1cc2c(Cl)nc(-c3cnccn3)nc2s1.CCc1cc2c(NCc3ccc4c(c3)OCCO4)nc(-c3cnccn3)nc2s1. The lowest BCUT2D eigenvalue weighted by atomic mass is 10.2. The number of anilines is 1. The lowest BCUT2D eigenvalue weighted by Crippen LogP contribution is -2.15. The number of halogens is 1. The fraction of sp³-hybridized carbons (Fsp3) is 0.212. The van der Waals surface area contributed by atoms with Crippen LogP contribution in [0.25, 0.3) is 43.5 Å². The van der Waals surface area contributed by atoms with Crippen molar-refractivity contribution in [1.29, 1.82) is 0 Å². The largest absolute Gasteiger partial charge is 0.486 e. The number of hydrogen-bond donors (Lipinski definition) is 1. The van der Waals surface area contributed by atoms with E-state index in [1.807, 2.05) is 24.3 Å². The molecular weight excluding hydrogens is 654 g/mol. The van der Waals surface area contributed by atoms with Gasteiger partial charge < -0.3 is 14.8 Å². The van der Waals surface area contributed by atoms with Crippen LogP contribution in [0.2, 0.25) is 5.15 Å². The molecule has 0 spiro atoms. The van der Waals surface area contributed by atoms with E-state index >= 15 is 0 Å². The first-order chi connectivity index (χ1) is 23.1. The van der Waals surface area contributed by atoms with E-state index in [0.29, 0.717) is 47.9 Å². The highest BCUT2D eigenvalue weighted by Crippen LogP contribution is 2.34. The van der Waals surface area contributed by atoms with Gasteiger partial charge in [-0.2, -0.15) is 0 Å². The molecule has 1 aromatic carbocycles. The first-order valence-corrected chi connectivity index (χ1v) is 17.0. The lowest BCUT2D eigenvalue weighted by Gasteiger charge is -2.19. The van der Waals surface area contributed by atoms with Crippen molar-refractivity contribution in [2.45, 2.75) is 33.2 Å². The Hall–Kier alpha value is -4.85. The van der Waals surface area contributed by atoms with Gasteiger partial charge in [-0.25, -0.2) is 29.9 Å². The minimum atomic E-state index is 0.469. The quantitative estimate of drug-likeness (QED) is 0.168. The van der Waals surface area contributed by atoms with Crippen molar-refractivity contribution in [2.24, 2.45) is 0 Å². The van der Waals surface area contributed by atoms with E-state index in [1.54, 1.807) is 59.9 Å². The standard InChI is InChI=1S/C21H19N5O2S.C12H9ClN4S/c1-2-14-10-15-19(24-11-13-3-4-17-18(9-13)28-8-7-27-17)25-20(26-21(15)29-14)16-12-22-5-6-23-16;1-2-7-5-8-10(13)16-11(17-12(8)18-7)9-6-14-3-4-15-9/h3-6,9-10,12H,2,7-8,11H2,1H3,(H,24,25,26);3-6H,2H2,1H3. The molecule has 0 unspecified atom stereocenters. The van der Waals surface area contributed by atoms with Crippen molar-refractivity contribution in [2.75, 3.05) is 18.5 Å². The summed E-state index contributed by atoms with van der Waals surface area (Å²) in [5.74, 6) is 3.46. The molecule has 14 heteroatoms. The fourth-order valence-corrected chi connectivity index (χ4v) is 7.05. The van der Waals surface area contributed by atoms with Gasteiger partial charge in [-0.3, -0.25) is 9.97 Å². The molecule has 1 aliphatic rings. The molecule has 0 atom stereocenters. The monoisotopic (exact) mass is 681 g/mol. The van der Waals surface area contributed by atoms with Gasteiger partial charge in [-0.05, 0) is 42.7 Å². The van der Waals surface area contributed by atoms with Gasteiger partial charge in [0.25, 0.3) is 0 Å². The maximum atomic E-state index is 6.19. The van der Waals surface area contributed by atoms with E-state index in [4.69, 9.17) is 31.0 Å². The van der Waals surface area contributed by atoms with E-state index in [9.17, 15) is 0 Å². The zero-order chi connectivity index (χ0) is 32.2. The van der Waals surface area contributed by atoms with Gasteiger partial charge in [0.1, 0.15) is 45.2 Å². The van der Waals surface area contributed by atoms with Crippen molar-refractivity contribution in [3.05, 3.63) is 88.0 Å². The predicted octanol–water partition coefficient (Wildman–Crippen LogP) is 7.46. The van der Waals surface area contributed by atoms with E-state index in [0.717, 1.165) is 56.2 Å². The fourth-order valence-electron chi connectivity index (χ4n) is 4.83. The summed E-state index contributed by atoms with van der Waals surface area (Å²) in [7, 11) is 0. The van der Waals surface area contributed by atoms with Crippen LogP contribution >= 0.6 is 34.3 Å². The van der Waals surface area contributed by atoms with Crippen LogP contribution in [0.15, 0.2) is 67.5 Å². The Morgan fingerprint density at radius 1 is 0.723 bits per heavy atom. The summed E-state index contributed by atoms with van der Waals surface area (Å²) in [6.45, 7) is 6.03. The Bertz CT molecular complexity index is 2160. The van der Waals surface area contributed by atoms with Crippen LogP contribution in [0.4, 0.5) is 5.82 Å². The van der Waals surface area contributed by atoms with E-state index in [2.05, 4.69) is 55.1 Å². The van der Waals surface area contributed by atoms with Crippen molar-refractivity contribution >= 4 is 60.5 Å². The Kier molecular flexibility index (Phi) is 9.09. The van der Waals surface area contributed by atoms with Gasteiger partial charge in [-0.15, -0.1) is 22.7 Å². The van der Waals surface area contributed by atoms with Gasteiger partial charge >= 0.3 is 0 Å². The van der Waals surface area contributed by atoms with Gasteiger partial charge in [0.15, 0.2) is 23.1 Å². The summed E-state index contributed by atoms with van der Waals surface area (Å²) in [5.41, 5.74) is 2.38. The molecule has 7 heterocycles. The second-order valence-electron chi connectivity index (χ2n) is 10.3. The van der Waals surface area contributed by atoms with Crippen LogP contribution in [0, 0.1) is 0 Å². The summed E-state index contributed by atoms with van der Waals surface area (Å²) in [6, 6.07) is 10.2. The Balaban J connectivity index is 0.000000167. The second-order valence-corrected chi connectivity index (χ2v) is 12.9. The maximum Gasteiger partial charge on any atom is 0.183 e. The summed E-state index contributed by atoms with van der Waals surface area (Å²) >= 11 is 9.51. The summed E-state index contributed by atoms with van der Waals surface area (Å²) in [5, 5.41) is 5.87. The molecule has 8 rings (SSSR count). The molecule has 0 saturated carbocycles. The third-order valence-corrected chi connectivity index (χ3v) is 9.82. The van der Waals surface area contributed by atoms with E-state index in [1.165, 1.54) is 9.75 Å². The molecule has 0 fully saturated rings. The molecule has 6 aromatic heterocycles. The molecule has 7 aromatic rings. The summed E-state index contributed by atoms with van der Waals surface area (Å²) < 4.78 is 11.3. The van der Waals surface area contributed by atoms with Crippen molar-refractivity contribution in [3.63, 3.8) is 0 Å². The highest BCUT2D eigenvalue weighted by atomic mass is 35.5. The molecule has 0 radical (unpaired) electrons. The zero-order valence-electron chi connectivity index (χ0n) is 25.5. The molecule has 236 valence electrons. The number of aromatic nitrogens is 8. The lowest BCUT2D eigenvalue weighted by molar-refractivity contribution is 0.171. The van der Waals surface area contributed by atoms with Crippen LogP contribution in [0.5, 0.6) is 11.5 Å². The number of aryl methyl sites for hydroxylation is 2. The minimum Gasteiger partial charge on any atom is -0.486 e. The summed E-state index contributed by atoms with van der Waals surface area (Å²) in [4.78, 5) is 39.3. The second kappa shape index (κ2) is 13.9. The summed E-state index contributed by atoms with van der Waals surface area (Å²) in [6.07, 6.45) is 11.8. The first kappa shape index (κ1) is 30.8. The Morgan fingerprint density at radius 2 is 1.34 bits per heavy atom. The van der Waals surface area contributed by atoms with Gasteiger partial charge in [0, 0.05) is 46.5 Å². The molecule has 47 heavy (non-hydrogen) atoms. The minimum absolute atomic E-state index is 0.469. The number of fused-ring (bicyclic) bond motifs is 3. The number of nitrogens with one attached hydrogen (secondary N) is 1. The Labute approximate surface area is 283 Å². The molecule has 0 saturated heterocycles. The zero-order valence-corrected chi connectivity index (χ0v) is 27.9. The highest BCUT2D eigenvalue weighted by molar-refractivity contribution is 7.19. The van der Waals surface area contributed by atoms with Gasteiger partial charge in [0.05, 0.1) is 17.8 Å². The number of ether oxygens (including phenoxy) is 2. The maximum absolute atomic E-state index is 6.19. The van der Waals surface area contributed by atoms with Crippen molar-refractivity contribution in [3.8, 4) is 34.5 Å². The average Bonchev–Trinajstić information content (AvgIpc) is 3.76.